The van der Waals surface area contributed by atoms with Crippen LogP contribution in [0.5, 0.6) is 0 Å². The number of hydrogen-bond donors (Lipinski definition) is 0. The molecule has 0 N–H and O–H groups in total. The lowest BCUT2D eigenvalue weighted by atomic mass is 10.2. The second kappa shape index (κ2) is 6.71. The third kappa shape index (κ3) is 3.18. The Kier molecular flexibility index (Phi) is 4.47. The molecule has 1 fully saturated rings. The molecule has 1 aliphatic heterocycles. The van der Waals surface area contributed by atoms with Crippen LogP contribution in [0.1, 0.15) is 12.5 Å². The van der Waals surface area contributed by atoms with E-state index >= 15 is 0 Å². The Bertz CT molecular complexity index is 1270. The second-order valence-corrected chi connectivity index (χ2v) is 9.27. The number of sulfone groups is 1. The van der Waals surface area contributed by atoms with E-state index in [1.54, 1.807) is 30.3 Å². The van der Waals surface area contributed by atoms with Crippen LogP contribution in [-0.2, 0) is 16.9 Å². The summed E-state index contributed by atoms with van der Waals surface area (Å²) in [5.74, 6) is 0.0332. The maximum atomic E-state index is 12.7. The van der Waals surface area contributed by atoms with Crippen molar-refractivity contribution in [2.45, 2.75) is 12.5 Å². The van der Waals surface area contributed by atoms with Gasteiger partial charge in [0.2, 0.25) is 0 Å². The molecule has 11 heteroatoms. The quantitative estimate of drug-likeness (QED) is 0.619. The number of aromatic nitrogens is 5. The van der Waals surface area contributed by atoms with E-state index in [0.717, 1.165) is 9.25 Å². The smallest absolute Gasteiger partial charge is 0.267 e. The van der Waals surface area contributed by atoms with Gasteiger partial charge in [0.1, 0.15) is 0 Å². The Hall–Kier alpha value is -2.72. The van der Waals surface area contributed by atoms with Crippen molar-refractivity contribution < 1.29 is 8.42 Å². The first kappa shape index (κ1) is 18.6. The largest absolute Gasteiger partial charge is 0.351 e. The number of benzene rings is 1. The average molecular weight is 422 g/mol. The van der Waals surface area contributed by atoms with Gasteiger partial charge in [-0.15, -0.1) is 0 Å². The molecular formula is C17H16ClN5O4S. The standard InChI is InChI=1S/C17H16ClN5O4S/c1-21-16(24)15(20-23(17(21)25)12-4-2-11(18)3-5-12)14-6-8-19-22(14)13-7-9-28(26,27)10-13/h2-6,8,13H,7,9-10H2,1H3/t13-/m0/s1. The molecular weight excluding hydrogens is 406 g/mol. The fourth-order valence-corrected chi connectivity index (χ4v) is 5.06. The van der Waals surface area contributed by atoms with Crippen molar-refractivity contribution >= 4 is 21.4 Å². The van der Waals surface area contributed by atoms with Gasteiger partial charge in [0.25, 0.3) is 5.56 Å². The van der Waals surface area contributed by atoms with E-state index in [4.69, 9.17) is 11.6 Å². The lowest BCUT2D eigenvalue weighted by Crippen LogP contribution is -2.40. The van der Waals surface area contributed by atoms with Crippen LogP contribution in [0.4, 0.5) is 0 Å². The third-order valence-electron chi connectivity index (χ3n) is 4.71. The maximum absolute atomic E-state index is 12.7. The first-order valence-electron chi connectivity index (χ1n) is 8.47. The van der Waals surface area contributed by atoms with Crippen molar-refractivity contribution in [3.63, 3.8) is 0 Å². The Labute approximate surface area is 164 Å². The Balaban J connectivity index is 1.88. The van der Waals surface area contributed by atoms with Gasteiger partial charge in [-0.2, -0.15) is 14.9 Å². The first-order chi connectivity index (χ1) is 13.3. The highest BCUT2D eigenvalue weighted by Crippen LogP contribution is 2.27. The zero-order valence-corrected chi connectivity index (χ0v) is 16.4. The molecule has 0 aliphatic carbocycles. The van der Waals surface area contributed by atoms with E-state index in [1.807, 2.05) is 0 Å². The predicted octanol–water partition coefficient (Wildman–Crippen LogP) is 0.808. The summed E-state index contributed by atoms with van der Waals surface area (Å²) < 4.78 is 27.2. The molecule has 1 aliphatic rings. The minimum atomic E-state index is -3.13. The van der Waals surface area contributed by atoms with Gasteiger partial charge in [0.05, 0.1) is 28.9 Å². The monoisotopic (exact) mass is 421 g/mol. The van der Waals surface area contributed by atoms with Crippen LogP contribution in [0.25, 0.3) is 17.1 Å². The lowest BCUT2D eigenvalue weighted by Gasteiger charge is -2.14. The molecule has 9 nitrogen and oxygen atoms in total. The van der Waals surface area contributed by atoms with Gasteiger partial charge in [-0.1, -0.05) is 11.6 Å². The van der Waals surface area contributed by atoms with Crippen molar-refractivity contribution in [2.24, 2.45) is 7.05 Å². The Morgan fingerprint density at radius 1 is 1.14 bits per heavy atom. The Morgan fingerprint density at radius 3 is 2.50 bits per heavy atom. The minimum Gasteiger partial charge on any atom is -0.267 e. The van der Waals surface area contributed by atoms with E-state index in [1.165, 1.54) is 17.9 Å². The number of nitrogens with zero attached hydrogens (tertiary/aromatic N) is 5. The van der Waals surface area contributed by atoms with E-state index in [2.05, 4.69) is 10.2 Å². The van der Waals surface area contributed by atoms with Crippen LogP contribution < -0.4 is 11.2 Å². The summed E-state index contributed by atoms with van der Waals surface area (Å²) in [6.45, 7) is 0. The summed E-state index contributed by atoms with van der Waals surface area (Å²) in [5, 5.41) is 8.97. The molecule has 28 heavy (non-hydrogen) atoms. The van der Waals surface area contributed by atoms with Crippen LogP contribution in [0.15, 0.2) is 46.1 Å². The number of halogens is 1. The first-order valence-corrected chi connectivity index (χ1v) is 10.7. The highest BCUT2D eigenvalue weighted by atomic mass is 35.5. The molecule has 0 amide bonds. The zero-order chi connectivity index (χ0) is 20.1. The Morgan fingerprint density at radius 2 is 1.86 bits per heavy atom. The molecule has 1 aromatic carbocycles. The number of hydrogen-bond acceptors (Lipinski definition) is 6. The molecule has 2 aromatic heterocycles. The van der Waals surface area contributed by atoms with Crippen LogP contribution in [-0.4, -0.2) is 44.1 Å². The average Bonchev–Trinajstić information content (AvgIpc) is 3.27. The lowest BCUT2D eigenvalue weighted by molar-refractivity contribution is 0.502. The molecule has 3 heterocycles. The van der Waals surface area contributed by atoms with E-state index < -0.39 is 21.1 Å². The van der Waals surface area contributed by atoms with Crippen LogP contribution in [0.3, 0.4) is 0 Å². The molecule has 4 rings (SSSR count). The number of rotatable bonds is 3. The molecule has 0 unspecified atom stereocenters. The zero-order valence-electron chi connectivity index (χ0n) is 14.8. The molecule has 0 bridgehead atoms. The predicted molar refractivity (Wildman–Crippen MR) is 104 cm³/mol. The molecule has 1 saturated heterocycles. The minimum absolute atomic E-state index is 0.0128. The molecule has 146 valence electrons. The highest BCUT2D eigenvalue weighted by Gasteiger charge is 2.31. The van der Waals surface area contributed by atoms with E-state index in [9.17, 15) is 18.0 Å². The van der Waals surface area contributed by atoms with Crippen molar-refractivity contribution in [3.05, 3.63) is 62.4 Å². The molecule has 3 aromatic rings. The SMILES string of the molecule is Cn1c(=O)c(-c2ccnn2[C@H]2CCS(=O)(=O)C2)nn(-c2ccc(Cl)cc2)c1=O. The third-order valence-corrected chi connectivity index (χ3v) is 6.72. The summed E-state index contributed by atoms with van der Waals surface area (Å²) in [6.07, 6.45) is 1.90. The topological polar surface area (TPSA) is 109 Å². The fourth-order valence-electron chi connectivity index (χ4n) is 3.25. The van der Waals surface area contributed by atoms with Crippen molar-refractivity contribution in [3.8, 4) is 17.1 Å². The normalized spacial score (nSPS) is 18.4. The molecule has 1 atom stereocenters. The summed E-state index contributed by atoms with van der Waals surface area (Å²) in [5.41, 5.74) is -0.367. The second-order valence-electron chi connectivity index (χ2n) is 6.60. The summed E-state index contributed by atoms with van der Waals surface area (Å²) in [7, 11) is -1.77. The molecule has 0 radical (unpaired) electrons. The summed E-state index contributed by atoms with van der Waals surface area (Å²) in [6, 6.07) is 7.67. The van der Waals surface area contributed by atoms with Crippen molar-refractivity contribution in [1.82, 2.24) is 24.1 Å². The fraction of sp³-hybridized carbons (Fsp3) is 0.294. The van der Waals surface area contributed by atoms with Gasteiger partial charge in [-0.3, -0.25) is 14.0 Å². The van der Waals surface area contributed by atoms with E-state index in [-0.39, 0.29) is 23.2 Å². The van der Waals surface area contributed by atoms with Crippen LogP contribution in [0, 0.1) is 0 Å². The van der Waals surface area contributed by atoms with Gasteiger partial charge in [-0.05, 0) is 36.8 Å². The van der Waals surface area contributed by atoms with Crippen molar-refractivity contribution in [1.29, 1.82) is 0 Å². The van der Waals surface area contributed by atoms with Gasteiger partial charge >= 0.3 is 5.69 Å². The van der Waals surface area contributed by atoms with Gasteiger partial charge in [-0.25, -0.2) is 13.2 Å². The van der Waals surface area contributed by atoms with Crippen LogP contribution in [0.2, 0.25) is 5.02 Å². The van der Waals surface area contributed by atoms with E-state index in [0.29, 0.717) is 22.8 Å². The van der Waals surface area contributed by atoms with Gasteiger partial charge in [0, 0.05) is 18.3 Å². The van der Waals surface area contributed by atoms with Crippen molar-refractivity contribution in [2.75, 3.05) is 11.5 Å². The highest BCUT2D eigenvalue weighted by molar-refractivity contribution is 7.91. The molecule has 0 saturated carbocycles. The molecule has 0 spiro atoms. The maximum Gasteiger partial charge on any atom is 0.351 e. The van der Waals surface area contributed by atoms with Gasteiger partial charge in [0.15, 0.2) is 15.5 Å². The van der Waals surface area contributed by atoms with Gasteiger partial charge < -0.3 is 0 Å². The summed E-state index contributed by atoms with van der Waals surface area (Å²) >= 11 is 5.90. The summed E-state index contributed by atoms with van der Waals surface area (Å²) in [4.78, 5) is 25.3. The van der Waals surface area contributed by atoms with Crippen LogP contribution >= 0.6 is 11.6 Å².